The Bertz CT molecular complexity index is 682. The Kier molecular flexibility index (Phi) is 5.31. The second-order valence-electron chi connectivity index (χ2n) is 6.12. The highest BCUT2D eigenvalue weighted by Gasteiger charge is 2.18. The van der Waals surface area contributed by atoms with Gasteiger partial charge in [-0.25, -0.2) is 4.79 Å². The minimum atomic E-state index is -0.236. The van der Waals surface area contributed by atoms with Crippen LogP contribution in [0.2, 0.25) is 0 Å². The molecule has 1 aromatic carbocycles. The van der Waals surface area contributed by atoms with Crippen LogP contribution in [0.1, 0.15) is 36.8 Å². The molecule has 5 nitrogen and oxygen atoms in total. The summed E-state index contributed by atoms with van der Waals surface area (Å²) in [5.41, 5.74) is 2.69. The summed E-state index contributed by atoms with van der Waals surface area (Å²) in [6, 6.07) is 9.30. The van der Waals surface area contributed by atoms with Gasteiger partial charge in [-0.15, -0.1) is 0 Å². The van der Waals surface area contributed by atoms with Gasteiger partial charge in [0.2, 0.25) is 0 Å². The second kappa shape index (κ2) is 7.81. The Morgan fingerprint density at radius 1 is 1.25 bits per heavy atom. The van der Waals surface area contributed by atoms with Gasteiger partial charge < -0.3 is 15.4 Å². The molecule has 2 amide bonds. The lowest BCUT2D eigenvalue weighted by atomic mass is 10.1. The third kappa shape index (κ3) is 4.25. The number of pyridine rings is 1. The number of aromatic nitrogens is 1. The smallest absolute Gasteiger partial charge is 0.319 e. The van der Waals surface area contributed by atoms with E-state index in [1.54, 1.807) is 12.4 Å². The maximum absolute atomic E-state index is 12.1. The van der Waals surface area contributed by atoms with Crippen LogP contribution in [0.4, 0.5) is 10.5 Å². The number of ether oxygens (including phenoxy) is 1. The molecule has 1 saturated carbocycles. The largest absolute Gasteiger partial charge is 0.490 e. The summed E-state index contributed by atoms with van der Waals surface area (Å²) in [5.74, 6) is 0.854. The average molecular weight is 325 g/mol. The molecule has 1 aliphatic rings. The number of carbonyl (C=O) groups excluding carboxylic acids is 1. The second-order valence-corrected chi connectivity index (χ2v) is 6.12. The van der Waals surface area contributed by atoms with E-state index in [0.29, 0.717) is 12.6 Å². The van der Waals surface area contributed by atoms with Crippen molar-refractivity contribution in [2.24, 2.45) is 0 Å². The van der Waals surface area contributed by atoms with Crippen molar-refractivity contribution >= 4 is 11.7 Å². The Balaban J connectivity index is 1.58. The van der Waals surface area contributed by atoms with Crippen LogP contribution in [0, 0.1) is 6.92 Å². The molecule has 5 heteroatoms. The predicted molar refractivity (Wildman–Crippen MR) is 94.2 cm³/mol. The molecule has 0 atom stereocenters. The highest BCUT2D eigenvalue weighted by Crippen LogP contribution is 2.30. The van der Waals surface area contributed by atoms with Crippen molar-refractivity contribution in [3.8, 4) is 5.75 Å². The summed E-state index contributed by atoms with van der Waals surface area (Å²) in [4.78, 5) is 16.1. The van der Waals surface area contributed by atoms with Gasteiger partial charge in [0.05, 0.1) is 6.10 Å². The van der Waals surface area contributed by atoms with Crippen LogP contribution in [0.15, 0.2) is 42.7 Å². The zero-order valence-corrected chi connectivity index (χ0v) is 13.9. The summed E-state index contributed by atoms with van der Waals surface area (Å²) in [7, 11) is 0. The van der Waals surface area contributed by atoms with Gasteiger partial charge in [0.25, 0.3) is 0 Å². The Morgan fingerprint density at radius 2 is 2.08 bits per heavy atom. The van der Waals surface area contributed by atoms with Crippen molar-refractivity contribution in [2.45, 2.75) is 45.3 Å². The van der Waals surface area contributed by atoms with Gasteiger partial charge >= 0.3 is 6.03 Å². The van der Waals surface area contributed by atoms with E-state index in [2.05, 4.69) is 15.6 Å². The number of carbonyl (C=O) groups is 1. The molecule has 0 unspecified atom stereocenters. The quantitative estimate of drug-likeness (QED) is 0.872. The van der Waals surface area contributed by atoms with E-state index in [9.17, 15) is 4.79 Å². The molecule has 0 spiro atoms. The van der Waals surface area contributed by atoms with E-state index in [1.807, 2.05) is 37.3 Å². The molecule has 0 radical (unpaired) electrons. The summed E-state index contributed by atoms with van der Waals surface area (Å²) >= 11 is 0. The number of urea groups is 1. The fourth-order valence-electron chi connectivity index (χ4n) is 2.91. The van der Waals surface area contributed by atoms with E-state index in [1.165, 1.54) is 12.8 Å². The van der Waals surface area contributed by atoms with E-state index in [0.717, 1.165) is 35.4 Å². The van der Waals surface area contributed by atoms with Crippen molar-refractivity contribution in [1.29, 1.82) is 0 Å². The summed E-state index contributed by atoms with van der Waals surface area (Å²) < 4.78 is 6.08. The highest BCUT2D eigenvalue weighted by atomic mass is 16.5. The third-order valence-electron chi connectivity index (χ3n) is 4.30. The molecular weight excluding hydrogens is 302 g/mol. The van der Waals surface area contributed by atoms with Gasteiger partial charge in [-0.05, 0) is 56.4 Å². The first kappa shape index (κ1) is 16.3. The molecule has 2 aromatic rings. The minimum Gasteiger partial charge on any atom is -0.490 e. The molecule has 3 rings (SSSR count). The Labute approximate surface area is 142 Å². The molecule has 0 saturated heterocycles. The van der Waals surface area contributed by atoms with Crippen molar-refractivity contribution in [3.63, 3.8) is 0 Å². The summed E-state index contributed by atoms with van der Waals surface area (Å²) in [6.07, 6.45) is 8.45. The van der Waals surface area contributed by atoms with Crippen LogP contribution in [0.25, 0.3) is 0 Å². The van der Waals surface area contributed by atoms with Crippen molar-refractivity contribution in [3.05, 3.63) is 53.9 Å². The van der Waals surface area contributed by atoms with Crippen LogP contribution >= 0.6 is 0 Å². The van der Waals surface area contributed by atoms with E-state index < -0.39 is 0 Å². The number of hydrogen-bond acceptors (Lipinski definition) is 3. The topological polar surface area (TPSA) is 63.2 Å². The fourth-order valence-corrected chi connectivity index (χ4v) is 2.91. The molecule has 1 aromatic heterocycles. The average Bonchev–Trinajstić information content (AvgIpc) is 3.11. The predicted octanol–water partition coefficient (Wildman–Crippen LogP) is 4.03. The lowest BCUT2D eigenvalue weighted by Gasteiger charge is -2.17. The number of nitrogens with zero attached hydrogens (tertiary/aromatic N) is 1. The van der Waals surface area contributed by atoms with Crippen LogP contribution in [-0.4, -0.2) is 17.1 Å². The molecular formula is C19H23N3O2. The Morgan fingerprint density at radius 3 is 2.83 bits per heavy atom. The lowest BCUT2D eigenvalue weighted by molar-refractivity contribution is 0.209. The number of amides is 2. The van der Waals surface area contributed by atoms with Crippen LogP contribution in [0.3, 0.4) is 0 Å². The molecule has 24 heavy (non-hydrogen) atoms. The van der Waals surface area contributed by atoms with Gasteiger partial charge in [0.15, 0.2) is 0 Å². The van der Waals surface area contributed by atoms with Gasteiger partial charge in [-0.1, -0.05) is 12.1 Å². The zero-order chi connectivity index (χ0) is 16.8. The molecule has 0 bridgehead atoms. The van der Waals surface area contributed by atoms with Crippen LogP contribution < -0.4 is 15.4 Å². The first-order valence-electron chi connectivity index (χ1n) is 8.42. The number of rotatable bonds is 5. The molecule has 126 valence electrons. The monoisotopic (exact) mass is 325 g/mol. The molecule has 1 fully saturated rings. The first-order valence-corrected chi connectivity index (χ1v) is 8.42. The molecule has 1 heterocycles. The molecule has 2 N–H and O–H groups in total. The highest BCUT2D eigenvalue weighted by molar-refractivity contribution is 5.90. The SMILES string of the molecule is Cc1c(NC(=O)NCc2cccnc2)cccc1OC1CCCC1. The van der Waals surface area contributed by atoms with Crippen LogP contribution in [-0.2, 0) is 6.54 Å². The zero-order valence-electron chi connectivity index (χ0n) is 13.9. The van der Waals surface area contributed by atoms with Crippen molar-refractivity contribution < 1.29 is 9.53 Å². The molecule has 0 aliphatic heterocycles. The lowest BCUT2D eigenvalue weighted by Crippen LogP contribution is -2.28. The van der Waals surface area contributed by atoms with E-state index in [4.69, 9.17) is 4.74 Å². The standard InChI is InChI=1S/C19H23N3O2/c1-14-17(9-4-10-18(14)24-16-7-2-3-8-16)22-19(23)21-13-15-6-5-11-20-12-15/h4-6,9-12,16H,2-3,7-8,13H2,1H3,(H2,21,22,23). The molecule has 1 aliphatic carbocycles. The van der Waals surface area contributed by atoms with Gasteiger partial charge in [0, 0.05) is 30.2 Å². The summed E-state index contributed by atoms with van der Waals surface area (Å²) in [6.45, 7) is 2.41. The van der Waals surface area contributed by atoms with Crippen molar-refractivity contribution in [1.82, 2.24) is 10.3 Å². The van der Waals surface area contributed by atoms with Gasteiger partial charge in [-0.3, -0.25) is 4.98 Å². The first-order chi connectivity index (χ1) is 11.7. The van der Waals surface area contributed by atoms with Crippen LogP contribution in [0.5, 0.6) is 5.75 Å². The number of benzene rings is 1. The Hall–Kier alpha value is -2.56. The van der Waals surface area contributed by atoms with E-state index >= 15 is 0 Å². The maximum atomic E-state index is 12.1. The summed E-state index contributed by atoms with van der Waals surface area (Å²) in [5, 5.41) is 5.73. The fraction of sp³-hybridized carbons (Fsp3) is 0.368. The number of hydrogen-bond donors (Lipinski definition) is 2. The van der Waals surface area contributed by atoms with Crippen molar-refractivity contribution in [2.75, 3.05) is 5.32 Å². The normalized spacial score (nSPS) is 14.4. The van der Waals surface area contributed by atoms with Gasteiger partial charge in [0.1, 0.15) is 5.75 Å². The third-order valence-corrected chi connectivity index (χ3v) is 4.30. The number of nitrogens with one attached hydrogen (secondary N) is 2. The van der Waals surface area contributed by atoms with Gasteiger partial charge in [-0.2, -0.15) is 0 Å². The number of anilines is 1. The minimum absolute atomic E-state index is 0.236. The maximum Gasteiger partial charge on any atom is 0.319 e. The van der Waals surface area contributed by atoms with E-state index in [-0.39, 0.29) is 6.03 Å².